The Bertz CT molecular complexity index is 1010. The molecule has 3 aromatic rings. The molecule has 1 heterocycles. The van der Waals surface area contributed by atoms with E-state index in [1.165, 1.54) is 0 Å². The first kappa shape index (κ1) is 21.0. The summed E-state index contributed by atoms with van der Waals surface area (Å²) in [7, 11) is 0. The van der Waals surface area contributed by atoms with Crippen LogP contribution in [0.3, 0.4) is 0 Å². The van der Waals surface area contributed by atoms with Gasteiger partial charge in [-0.2, -0.15) is 0 Å². The lowest BCUT2D eigenvalue weighted by Gasteiger charge is -2.19. The minimum absolute atomic E-state index is 0.0699. The van der Waals surface area contributed by atoms with Crippen LogP contribution in [0, 0.1) is 5.92 Å². The number of carbonyl (C=O) groups excluding carboxylic acids is 1. The third-order valence-corrected chi connectivity index (χ3v) is 5.65. The normalized spacial score (nSPS) is 12.5. The predicted molar refractivity (Wildman–Crippen MR) is 117 cm³/mol. The van der Waals surface area contributed by atoms with Crippen molar-refractivity contribution in [2.24, 2.45) is 5.92 Å². The third kappa shape index (κ3) is 4.45. The summed E-state index contributed by atoms with van der Waals surface area (Å²) in [5.41, 5.74) is 2.40. The number of amides is 1. The summed E-state index contributed by atoms with van der Waals surface area (Å²) in [4.78, 5) is 17.5. The minimum Gasteiger partial charge on any atom is -0.354 e. The van der Waals surface area contributed by atoms with Crippen molar-refractivity contribution >= 4 is 51.7 Å². The van der Waals surface area contributed by atoms with Crippen LogP contribution in [0.5, 0.6) is 0 Å². The van der Waals surface area contributed by atoms with Crippen molar-refractivity contribution < 1.29 is 4.79 Å². The number of nitrogens with one attached hydrogen (secondary N) is 1. The van der Waals surface area contributed by atoms with Crippen LogP contribution in [0.25, 0.3) is 11.0 Å². The molecule has 1 N–H and O–H groups in total. The Morgan fingerprint density at radius 2 is 1.75 bits per heavy atom. The van der Waals surface area contributed by atoms with E-state index in [1.807, 2.05) is 35.8 Å². The van der Waals surface area contributed by atoms with E-state index in [0.717, 1.165) is 16.9 Å². The van der Waals surface area contributed by atoms with E-state index in [9.17, 15) is 4.79 Å². The molecule has 148 valence electrons. The van der Waals surface area contributed by atoms with Crippen LogP contribution >= 0.6 is 34.8 Å². The fourth-order valence-electron chi connectivity index (χ4n) is 3.08. The smallest absolute Gasteiger partial charge is 0.242 e. The quantitative estimate of drug-likeness (QED) is 0.519. The average molecular weight is 439 g/mol. The van der Waals surface area contributed by atoms with Crippen LogP contribution in [0.15, 0.2) is 36.4 Å². The molecule has 0 bridgehead atoms. The van der Waals surface area contributed by atoms with Gasteiger partial charge < -0.3 is 9.88 Å². The van der Waals surface area contributed by atoms with Gasteiger partial charge in [-0.3, -0.25) is 4.79 Å². The number of imidazole rings is 1. The van der Waals surface area contributed by atoms with Crippen molar-refractivity contribution in [2.75, 3.05) is 6.54 Å². The van der Waals surface area contributed by atoms with Crippen molar-refractivity contribution in [3.63, 3.8) is 0 Å². The predicted octanol–water partition coefficient (Wildman–Crippen LogP) is 5.92. The Labute approximate surface area is 179 Å². The fourth-order valence-corrected chi connectivity index (χ4v) is 3.60. The maximum Gasteiger partial charge on any atom is 0.242 e. The summed E-state index contributed by atoms with van der Waals surface area (Å²) < 4.78 is 1.91. The lowest BCUT2D eigenvalue weighted by atomic mass is 10.1. The standard InChI is InChI=1S/C21H22Cl3N3O/c1-12(2)11-25-21(28)13(3)27-19-10-17(24)16(23)9-18(19)26-20(27)8-14-6-4-5-7-15(14)22/h4-7,9-10,12-13H,8,11H2,1-3H3,(H,25,28). The molecular weight excluding hydrogens is 417 g/mol. The second-order valence-electron chi connectivity index (χ2n) is 7.24. The molecular formula is C21H22Cl3N3O. The summed E-state index contributed by atoms with van der Waals surface area (Å²) in [5, 5.41) is 4.51. The van der Waals surface area contributed by atoms with Crippen LogP contribution in [0.4, 0.5) is 0 Å². The number of carbonyl (C=O) groups is 1. The van der Waals surface area contributed by atoms with Crippen LogP contribution < -0.4 is 5.32 Å². The van der Waals surface area contributed by atoms with Crippen molar-refractivity contribution in [3.8, 4) is 0 Å². The number of hydrogen-bond acceptors (Lipinski definition) is 2. The first-order valence-corrected chi connectivity index (χ1v) is 10.3. The van der Waals surface area contributed by atoms with E-state index in [1.54, 1.807) is 12.1 Å². The van der Waals surface area contributed by atoms with Crippen LogP contribution in [-0.4, -0.2) is 22.0 Å². The van der Waals surface area contributed by atoms with Crippen molar-refractivity contribution in [1.82, 2.24) is 14.9 Å². The summed E-state index contributed by atoms with van der Waals surface area (Å²) in [5.74, 6) is 1.03. The summed E-state index contributed by atoms with van der Waals surface area (Å²) in [6, 6.07) is 10.6. The Morgan fingerprint density at radius 3 is 2.43 bits per heavy atom. The van der Waals surface area contributed by atoms with Crippen molar-refractivity contribution in [1.29, 1.82) is 0 Å². The number of fused-ring (bicyclic) bond motifs is 1. The van der Waals surface area contributed by atoms with E-state index in [-0.39, 0.29) is 5.91 Å². The van der Waals surface area contributed by atoms with Gasteiger partial charge in [0, 0.05) is 18.0 Å². The fraction of sp³-hybridized carbons (Fsp3) is 0.333. The second-order valence-corrected chi connectivity index (χ2v) is 8.46. The number of nitrogens with zero attached hydrogens (tertiary/aromatic N) is 2. The van der Waals surface area contributed by atoms with Gasteiger partial charge in [0.25, 0.3) is 0 Å². The van der Waals surface area contributed by atoms with E-state index in [0.29, 0.717) is 39.5 Å². The number of rotatable bonds is 6. The highest BCUT2D eigenvalue weighted by Crippen LogP contribution is 2.31. The number of aromatic nitrogens is 2. The van der Waals surface area contributed by atoms with Gasteiger partial charge in [-0.05, 0) is 36.6 Å². The molecule has 0 aliphatic heterocycles. The lowest BCUT2D eigenvalue weighted by Crippen LogP contribution is -2.34. The highest BCUT2D eigenvalue weighted by molar-refractivity contribution is 6.42. The first-order chi connectivity index (χ1) is 13.3. The molecule has 0 spiro atoms. The Kier molecular flexibility index (Phi) is 6.54. The van der Waals surface area contributed by atoms with Crippen LogP contribution in [0.2, 0.25) is 15.1 Å². The van der Waals surface area contributed by atoms with Crippen molar-refractivity contribution in [2.45, 2.75) is 33.2 Å². The topological polar surface area (TPSA) is 46.9 Å². The van der Waals surface area contributed by atoms with Gasteiger partial charge in [0.15, 0.2) is 0 Å². The highest BCUT2D eigenvalue weighted by atomic mass is 35.5. The van der Waals surface area contributed by atoms with E-state index in [4.69, 9.17) is 39.8 Å². The number of hydrogen-bond donors (Lipinski definition) is 1. The minimum atomic E-state index is -0.460. The zero-order chi connectivity index (χ0) is 20.4. The van der Waals surface area contributed by atoms with Gasteiger partial charge in [0.2, 0.25) is 5.91 Å². The molecule has 3 rings (SSSR count). The zero-order valence-corrected chi connectivity index (χ0v) is 18.2. The zero-order valence-electron chi connectivity index (χ0n) is 16.0. The SMILES string of the molecule is CC(C)CNC(=O)C(C)n1c(Cc2ccccc2Cl)nc2cc(Cl)c(Cl)cc21. The third-order valence-electron chi connectivity index (χ3n) is 4.56. The van der Waals surface area contributed by atoms with Gasteiger partial charge in [-0.15, -0.1) is 0 Å². The number of benzene rings is 2. The first-order valence-electron chi connectivity index (χ1n) is 9.15. The summed E-state index contributed by atoms with van der Waals surface area (Å²) >= 11 is 18.8. The average Bonchev–Trinajstić information content (AvgIpc) is 2.98. The van der Waals surface area contributed by atoms with E-state index in [2.05, 4.69) is 19.2 Å². The Balaban J connectivity index is 2.08. The maximum atomic E-state index is 12.8. The molecule has 0 radical (unpaired) electrons. The molecule has 0 aliphatic carbocycles. The van der Waals surface area contributed by atoms with Crippen LogP contribution in [0.1, 0.15) is 38.2 Å². The maximum absolute atomic E-state index is 12.8. The molecule has 0 aliphatic rings. The molecule has 0 fully saturated rings. The molecule has 1 unspecified atom stereocenters. The molecule has 1 atom stereocenters. The van der Waals surface area contributed by atoms with Gasteiger partial charge in [0.1, 0.15) is 11.9 Å². The second kappa shape index (κ2) is 8.73. The van der Waals surface area contributed by atoms with Gasteiger partial charge >= 0.3 is 0 Å². The molecule has 4 nitrogen and oxygen atoms in total. The largest absolute Gasteiger partial charge is 0.354 e. The molecule has 28 heavy (non-hydrogen) atoms. The lowest BCUT2D eigenvalue weighted by molar-refractivity contribution is -0.124. The molecule has 2 aromatic carbocycles. The number of halogens is 3. The molecule has 0 saturated carbocycles. The Hall–Kier alpha value is -1.75. The molecule has 7 heteroatoms. The monoisotopic (exact) mass is 437 g/mol. The summed E-state index contributed by atoms with van der Waals surface area (Å²) in [6.07, 6.45) is 0.491. The van der Waals surface area contributed by atoms with Gasteiger partial charge in [-0.25, -0.2) is 4.98 Å². The molecule has 1 aromatic heterocycles. The van der Waals surface area contributed by atoms with Crippen LogP contribution in [-0.2, 0) is 11.2 Å². The highest BCUT2D eigenvalue weighted by Gasteiger charge is 2.23. The summed E-state index contributed by atoms with van der Waals surface area (Å²) in [6.45, 7) is 6.59. The molecule has 0 saturated heterocycles. The molecule has 1 amide bonds. The van der Waals surface area contributed by atoms with E-state index < -0.39 is 6.04 Å². The Morgan fingerprint density at radius 1 is 1.07 bits per heavy atom. The van der Waals surface area contributed by atoms with Gasteiger partial charge in [0.05, 0.1) is 21.1 Å². The van der Waals surface area contributed by atoms with Crippen molar-refractivity contribution in [3.05, 3.63) is 62.9 Å². The van der Waals surface area contributed by atoms with E-state index >= 15 is 0 Å². The van der Waals surface area contributed by atoms with Gasteiger partial charge in [-0.1, -0.05) is 66.8 Å².